The molecule has 1 unspecified atom stereocenters. The summed E-state index contributed by atoms with van der Waals surface area (Å²) in [5, 5.41) is 15.1. The van der Waals surface area contributed by atoms with Gasteiger partial charge in [-0.1, -0.05) is 23.7 Å². The highest BCUT2D eigenvalue weighted by Crippen LogP contribution is 2.36. The van der Waals surface area contributed by atoms with Crippen LogP contribution in [0, 0.1) is 11.3 Å². The predicted molar refractivity (Wildman–Crippen MR) is 92.2 cm³/mol. The predicted octanol–water partition coefficient (Wildman–Crippen LogP) is 2.44. The Balaban J connectivity index is 2.18. The standard InChI is InChI=1S/C17H16ClN3O2S/c1-21-9-16(11-3-2-4-14(6-11)24(20,22)23)15-7-13(18)5-12(8-19)17(15)10-21/h2-7,16H,9-10H2,1H3,(H2,20,22,23). The zero-order chi connectivity index (χ0) is 17.5. The van der Waals surface area contributed by atoms with Crippen LogP contribution in [0.25, 0.3) is 0 Å². The van der Waals surface area contributed by atoms with Crippen molar-refractivity contribution < 1.29 is 8.42 Å². The highest BCUT2D eigenvalue weighted by Gasteiger charge is 2.28. The maximum atomic E-state index is 11.6. The Hall–Kier alpha value is -1.91. The van der Waals surface area contributed by atoms with Crippen molar-refractivity contribution in [1.82, 2.24) is 4.90 Å². The van der Waals surface area contributed by atoms with Gasteiger partial charge in [0.05, 0.1) is 16.5 Å². The molecule has 0 saturated heterocycles. The molecule has 2 N–H and O–H groups in total. The molecule has 1 atom stereocenters. The van der Waals surface area contributed by atoms with Crippen LogP contribution < -0.4 is 5.14 Å². The first-order chi connectivity index (χ1) is 11.3. The van der Waals surface area contributed by atoms with Crippen molar-refractivity contribution in [3.05, 3.63) is 63.7 Å². The number of halogens is 1. The lowest BCUT2D eigenvalue weighted by Crippen LogP contribution is -2.31. The van der Waals surface area contributed by atoms with Gasteiger partial charge in [0.15, 0.2) is 0 Å². The summed E-state index contributed by atoms with van der Waals surface area (Å²) in [6.45, 7) is 1.35. The first-order valence-electron chi connectivity index (χ1n) is 7.33. The number of rotatable bonds is 2. The van der Waals surface area contributed by atoms with E-state index in [2.05, 4.69) is 11.0 Å². The lowest BCUT2D eigenvalue weighted by Gasteiger charge is -2.33. The summed E-state index contributed by atoms with van der Waals surface area (Å²) < 4.78 is 23.3. The van der Waals surface area contributed by atoms with E-state index in [1.807, 2.05) is 19.2 Å². The first kappa shape index (κ1) is 16.9. The van der Waals surface area contributed by atoms with Crippen molar-refractivity contribution in [2.24, 2.45) is 5.14 Å². The van der Waals surface area contributed by atoms with E-state index in [-0.39, 0.29) is 10.8 Å². The van der Waals surface area contributed by atoms with Crippen molar-refractivity contribution in [2.75, 3.05) is 13.6 Å². The van der Waals surface area contributed by atoms with E-state index in [4.69, 9.17) is 16.7 Å². The minimum atomic E-state index is -3.77. The molecule has 0 fully saturated rings. The summed E-state index contributed by atoms with van der Waals surface area (Å²) in [6.07, 6.45) is 0. The van der Waals surface area contributed by atoms with Gasteiger partial charge in [0.1, 0.15) is 0 Å². The fraction of sp³-hybridized carbons (Fsp3) is 0.235. The quantitative estimate of drug-likeness (QED) is 0.889. The van der Waals surface area contributed by atoms with E-state index in [0.29, 0.717) is 23.7 Å². The molecule has 0 aromatic heterocycles. The molecule has 24 heavy (non-hydrogen) atoms. The summed E-state index contributed by atoms with van der Waals surface area (Å²) in [6, 6.07) is 12.3. The molecule has 2 aromatic rings. The molecule has 0 radical (unpaired) electrons. The van der Waals surface area contributed by atoms with Crippen LogP contribution in [0.5, 0.6) is 0 Å². The van der Waals surface area contributed by atoms with E-state index >= 15 is 0 Å². The van der Waals surface area contributed by atoms with Gasteiger partial charge in [-0.2, -0.15) is 5.26 Å². The summed E-state index contributed by atoms with van der Waals surface area (Å²) in [5.74, 6) is -0.0775. The molecule has 3 rings (SSSR count). The number of likely N-dealkylation sites (N-methyl/N-ethyl adjacent to an activating group) is 1. The lowest BCUT2D eigenvalue weighted by molar-refractivity contribution is 0.294. The second kappa shape index (κ2) is 6.19. The molecule has 124 valence electrons. The zero-order valence-electron chi connectivity index (χ0n) is 13.0. The fourth-order valence-corrected chi connectivity index (χ4v) is 3.98. The molecular weight excluding hydrogens is 346 g/mol. The Bertz CT molecular complexity index is 951. The first-order valence-corrected chi connectivity index (χ1v) is 9.25. The van der Waals surface area contributed by atoms with Gasteiger partial charge in [0, 0.05) is 24.0 Å². The van der Waals surface area contributed by atoms with Crippen LogP contribution in [-0.2, 0) is 16.6 Å². The van der Waals surface area contributed by atoms with E-state index in [9.17, 15) is 13.7 Å². The van der Waals surface area contributed by atoms with Crippen LogP contribution in [0.2, 0.25) is 5.02 Å². The summed E-state index contributed by atoms with van der Waals surface area (Å²) >= 11 is 6.17. The number of sulfonamides is 1. The molecule has 2 aromatic carbocycles. The number of hydrogen-bond donors (Lipinski definition) is 1. The SMILES string of the molecule is CN1Cc2c(C#N)cc(Cl)cc2C(c2cccc(S(N)(=O)=O)c2)C1. The molecule has 7 heteroatoms. The second-order valence-electron chi connectivity index (χ2n) is 6.00. The normalized spacial score (nSPS) is 18.0. The maximum Gasteiger partial charge on any atom is 0.238 e. The van der Waals surface area contributed by atoms with Crippen LogP contribution in [0.4, 0.5) is 0 Å². The van der Waals surface area contributed by atoms with Crippen molar-refractivity contribution in [3.8, 4) is 6.07 Å². The van der Waals surface area contributed by atoms with Crippen molar-refractivity contribution >= 4 is 21.6 Å². The number of nitrogens with two attached hydrogens (primary N) is 1. The van der Waals surface area contributed by atoms with Gasteiger partial charge in [0.2, 0.25) is 10.0 Å². The van der Waals surface area contributed by atoms with E-state index in [0.717, 1.165) is 16.7 Å². The highest BCUT2D eigenvalue weighted by molar-refractivity contribution is 7.89. The summed E-state index contributed by atoms with van der Waals surface area (Å²) in [7, 11) is -1.80. The van der Waals surface area contributed by atoms with E-state index in [1.54, 1.807) is 18.2 Å². The van der Waals surface area contributed by atoms with Gasteiger partial charge in [-0.15, -0.1) is 0 Å². The Morgan fingerprint density at radius 1 is 1.33 bits per heavy atom. The third-order valence-electron chi connectivity index (χ3n) is 4.26. The summed E-state index contributed by atoms with van der Waals surface area (Å²) in [4.78, 5) is 2.18. The topological polar surface area (TPSA) is 87.2 Å². The van der Waals surface area contributed by atoms with Gasteiger partial charge in [-0.25, -0.2) is 13.6 Å². The average Bonchev–Trinajstić information content (AvgIpc) is 2.53. The monoisotopic (exact) mass is 361 g/mol. The molecule has 0 aliphatic carbocycles. The Morgan fingerprint density at radius 3 is 2.75 bits per heavy atom. The third kappa shape index (κ3) is 3.17. The number of benzene rings is 2. The number of primary sulfonamides is 1. The van der Waals surface area contributed by atoms with Gasteiger partial charge in [-0.3, -0.25) is 0 Å². The Labute approximate surface area is 146 Å². The number of fused-ring (bicyclic) bond motifs is 1. The van der Waals surface area contributed by atoms with Crippen molar-refractivity contribution in [1.29, 1.82) is 5.26 Å². The van der Waals surface area contributed by atoms with Crippen LogP contribution in [0.3, 0.4) is 0 Å². The summed E-state index contributed by atoms with van der Waals surface area (Å²) in [5.41, 5.74) is 3.28. The fourth-order valence-electron chi connectivity index (χ4n) is 3.18. The lowest BCUT2D eigenvalue weighted by atomic mass is 9.83. The molecule has 0 saturated carbocycles. The zero-order valence-corrected chi connectivity index (χ0v) is 14.6. The minimum absolute atomic E-state index is 0.0775. The largest absolute Gasteiger partial charge is 0.301 e. The molecular formula is C17H16ClN3O2S. The highest BCUT2D eigenvalue weighted by atomic mass is 35.5. The number of nitriles is 1. The third-order valence-corrected chi connectivity index (χ3v) is 5.39. The average molecular weight is 362 g/mol. The van der Waals surface area contributed by atoms with E-state index < -0.39 is 10.0 Å². The minimum Gasteiger partial charge on any atom is -0.301 e. The Kier molecular flexibility index (Phi) is 4.37. The smallest absolute Gasteiger partial charge is 0.238 e. The molecule has 0 spiro atoms. The Morgan fingerprint density at radius 2 is 2.08 bits per heavy atom. The molecule has 1 heterocycles. The maximum absolute atomic E-state index is 11.6. The van der Waals surface area contributed by atoms with Gasteiger partial charge >= 0.3 is 0 Å². The van der Waals surface area contributed by atoms with Crippen molar-refractivity contribution in [2.45, 2.75) is 17.4 Å². The number of hydrogen-bond acceptors (Lipinski definition) is 4. The van der Waals surface area contributed by atoms with Gasteiger partial charge < -0.3 is 4.90 Å². The molecule has 0 bridgehead atoms. The van der Waals surface area contributed by atoms with Crippen LogP contribution in [0.1, 0.15) is 28.2 Å². The van der Waals surface area contributed by atoms with Gasteiger partial charge in [0.25, 0.3) is 0 Å². The van der Waals surface area contributed by atoms with Crippen LogP contribution >= 0.6 is 11.6 Å². The van der Waals surface area contributed by atoms with Gasteiger partial charge in [-0.05, 0) is 48.0 Å². The second-order valence-corrected chi connectivity index (χ2v) is 8.00. The van der Waals surface area contributed by atoms with Crippen LogP contribution in [-0.4, -0.2) is 26.9 Å². The molecule has 5 nitrogen and oxygen atoms in total. The van der Waals surface area contributed by atoms with E-state index in [1.165, 1.54) is 6.07 Å². The molecule has 1 aliphatic heterocycles. The molecule has 0 amide bonds. The molecule has 1 aliphatic rings. The van der Waals surface area contributed by atoms with Crippen molar-refractivity contribution in [3.63, 3.8) is 0 Å². The number of nitrogens with zero attached hydrogens (tertiary/aromatic N) is 2. The van der Waals surface area contributed by atoms with Crippen LogP contribution in [0.15, 0.2) is 41.3 Å².